The van der Waals surface area contributed by atoms with Gasteiger partial charge in [0, 0.05) is 19.5 Å². The van der Waals surface area contributed by atoms with Crippen LogP contribution in [0.25, 0.3) is 0 Å². The van der Waals surface area contributed by atoms with E-state index in [2.05, 4.69) is 5.32 Å². The molecule has 0 bridgehead atoms. The first-order chi connectivity index (χ1) is 13.5. The van der Waals surface area contributed by atoms with Crippen molar-refractivity contribution in [3.63, 3.8) is 0 Å². The van der Waals surface area contributed by atoms with Gasteiger partial charge in [0.2, 0.25) is 12.7 Å². The van der Waals surface area contributed by atoms with Crippen molar-refractivity contribution in [3.05, 3.63) is 23.8 Å². The topological polar surface area (TPSA) is 88.2 Å². The van der Waals surface area contributed by atoms with E-state index in [9.17, 15) is 14.4 Å². The van der Waals surface area contributed by atoms with Gasteiger partial charge < -0.3 is 19.7 Å². The lowest BCUT2D eigenvalue weighted by molar-refractivity contribution is -0.138. The van der Waals surface area contributed by atoms with E-state index in [0.717, 1.165) is 36.1 Å². The highest BCUT2D eigenvalue weighted by molar-refractivity contribution is 6.08. The van der Waals surface area contributed by atoms with Crippen molar-refractivity contribution in [3.8, 4) is 11.5 Å². The minimum atomic E-state index is -1.09. The second-order valence-electron chi connectivity index (χ2n) is 7.81. The Bertz CT molecular complexity index is 803. The first kappa shape index (κ1) is 18.6. The van der Waals surface area contributed by atoms with Crippen LogP contribution in [0.4, 0.5) is 4.79 Å². The predicted octanol–water partition coefficient (Wildman–Crippen LogP) is 1.67. The first-order valence-electron chi connectivity index (χ1n) is 9.77. The summed E-state index contributed by atoms with van der Waals surface area (Å²) in [5, 5.41) is 2.76. The second kappa shape index (κ2) is 7.33. The summed E-state index contributed by atoms with van der Waals surface area (Å²) in [5.74, 6) is 0.752. The van der Waals surface area contributed by atoms with Gasteiger partial charge in [0.05, 0.1) is 0 Å². The van der Waals surface area contributed by atoms with Gasteiger partial charge in [0.25, 0.3) is 5.91 Å². The molecule has 0 radical (unpaired) electrons. The van der Waals surface area contributed by atoms with E-state index in [1.54, 1.807) is 17.9 Å². The number of nitrogens with zero attached hydrogens (tertiary/aromatic N) is 2. The van der Waals surface area contributed by atoms with Gasteiger partial charge in [-0.3, -0.25) is 14.5 Å². The molecular formula is C20H25N3O5. The summed E-state index contributed by atoms with van der Waals surface area (Å²) >= 11 is 0. The van der Waals surface area contributed by atoms with Crippen LogP contribution in [0.15, 0.2) is 18.2 Å². The van der Waals surface area contributed by atoms with Crippen LogP contribution in [0.2, 0.25) is 0 Å². The number of rotatable bonds is 4. The Labute approximate surface area is 163 Å². The molecule has 1 aromatic rings. The average Bonchev–Trinajstić information content (AvgIpc) is 3.06. The molecule has 1 atom stereocenters. The number of urea groups is 1. The zero-order valence-electron chi connectivity index (χ0n) is 16.0. The van der Waals surface area contributed by atoms with Crippen LogP contribution in [0, 0.1) is 0 Å². The fraction of sp³-hybridized carbons (Fsp3) is 0.550. The molecule has 3 aliphatic heterocycles. The normalized spacial score (nSPS) is 24.3. The number of imide groups is 1. The molecule has 0 spiro atoms. The average molecular weight is 387 g/mol. The zero-order chi connectivity index (χ0) is 19.7. The molecule has 28 heavy (non-hydrogen) atoms. The fourth-order valence-electron chi connectivity index (χ4n) is 4.02. The molecular weight excluding hydrogens is 362 g/mol. The van der Waals surface area contributed by atoms with Crippen LogP contribution in [0.3, 0.4) is 0 Å². The van der Waals surface area contributed by atoms with E-state index in [1.807, 2.05) is 12.1 Å². The molecule has 8 nitrogen and oxygen atoms in total. The van der Waals surface area contributed by atoms with Crippen molar-refractivity contribution in [2.45, 2.75) is 44.6 Å². The van der Waals surface area contributed by atoms with E-state index in [-0.39, 0.29) is 25.2 Å². The fourth-order valence-corrected chi connectivity index (χ4v) is 4.02. The molecule has 2 saturated heterocycles. The minimum absolute atomic E-state index is 0.169. The van der Waals surface area contributed by atoms with E-state index in [0.29, 0.717) is 31.0 Å². The second-order valence-corrected chi connectivity index (χ2v) is 7.81. The molecule has 1 N–H and O–H groups in total. The predicted molar refractivity (Wildman–Crippen MR) is 100.0 cm³/mol. The van der Waals surface area contributed by atoms with Crippen molar-refractivity contribution < 1.29 is 23.9 Å². The quantitative estimate of drug-likeness (QED) is 0.794. The van der Waals surface area contributed by atoms with E-state index in [4.69, 9.17) is 9.47 Å². The van der Waals surface area contributed by atoms with Gasteiger partial charge >= 0.3 is 6.03 Å². The molecule has 0 aliphatic carbocycles. The van der Waals surface area contributed by atoms with Gasteiger partial charge in [-0.15, -0.1) is 0 Å². The molecule has 0 aromatic heterocycles. The summed E-state index contributed by atoms with van der Waals surface area (Å²) in [7, 11) is 0. The van der Waals surface area contributed by atoms with Crippen molar-refractivity contribution in [1.29, 1.82) is 0 Å². The lowest BCUT2D eigenvalue weighted by atomic mass is 9.92. The van der Waals surface area contributed by atoms with Crippen molar-refractivity contribution in [1.82, 2.24) is 15.1 Å². The molecule has 3 aliphatic rings. The molecule has 0 saturated carbocycles. The Balaban J connectivity index is 1.44. The Hall–Kier alpha value is -2.77. The molecule has 150 valence electrons. The molecule has 8 heteroatoms. The van der Waals surface area contributed by atoms with Crippen LogP contribution in [-0.2, 0) is 16.0 Å². The van der Waals surface area contributed by atoms with Crippen LogP contribution in [-0.4, -0.2) is 59.6 Å². The highest BCUT2D eigenvalue weighted by atomic mass is 16.7. The standard InChI is InChI=1S/C20H25N3O5/c1-20(11-14-6-7-15-16(10-14)28-13-27-15)18(25)23(19(26)21-20)12-17(24)22-8-4-2-3-5-9-22/h6-7,10H,2-5,8-9,11-13H2,1H3,(H,21,26)/t20-/m0/s1. The lowest BCUT2D eigenvalue weighted by Gasteiger charge is -2.24. The van der Waals surface area contributed by atoms with Gasteiger partial charge in [-0.2, -0.15) is 0 Å². The van der Waals surface area contributed by atoms with Crippen LogP contribution < -0.4 is 14.8 Å². The monoisotopic (exact) mass is 387 g/mol. The number of nitrogens with one attached hydrogen (secondary N) is 1. The molecule has 4 amide bonds. The Morgan fingerprint density at radius 2 is 1.82 bits per heavy atom. The minimum Gasteiger partial charge on any atom is -0.454 e. The van der Waals surface area contributed by atoms with Gasteiger partial charge in [0.15, 0.2) is 11.5 Å². The maximum absolute atomic E-state index is 13.0. The van der Waals surface area contributed by atoms with Gasteiger partial charge in [-0.25, -0.2) is 4.79 Å². The number of carbonyl (C=O) groups is 3. The Kier molecular flexibility index (Phi) is 4.87. The maximum Gasteiger partial charge on any atom is 0.325 e. The van der Waals surface area contributed by atoms with Crippen molar-refractivity contribution in [2.24, 2.45) is 0 Å². The van der Waals surface area contributed by atoms with Crippen LogP contribution in [0.1, 0.15) is 38.2 Å². The van der Waals surface area contributed by atoms with Gasteiger partial charge in [-0.05, 0) is 37.5 Å². The third kappa shape index (κ3) is 3.50. The number of ether oxygens (including phenoxy) is 2. The Morgan fingerprint density at radius 3 is 2.57 bits per heavy atom. The molecule has 0 unspecified atom stereocenters. The van der Waals surface area contributed by atoms with E-state index in [1.165, 1.54) is 0 Å². The summed E-state index contributed by atoms with van der Waals surface area (Å²) in [6.07, 6.45) is 4.46. The van der Waals surface area contributed by atoms with Crippen molar-refractivity contribution in [2.75, 3.05) is 26.4 Å². The van der Waals surface area contributed by atoms with Gasteiger partial charge in [-0.1, -0.05) is 18.9 Å². The third-order valence-corrected chi connectivity index (χ3v) is 5.59. The maximum atomic E-state index is 13.0. The van der Waals surface area contributed by atoms with Crippen LogP contribution in [0.5, 0.6) is 11.5 Å². The number of likely N-dealkylation sites (tertiary alicyclic amines) is 1. The van der Waals surface area contributed by atoms with Crippen LogP contribution >= 0.6 is 0 Å². The molecule has 2 fully saturated rings. The summed E-state index contributed by atoms with van der Waals surface area (Å²) in [5.41, 5.74) is -0.245. The number of hydrogen-bond acceptors (Lipinski definition) is 5. The van der Waals surface area contributed by atoms with Gasteiger partial charge in [0.1, 0.15) is 12.1 Å². The number of amides is 4. The summed E-state index contributed by atoms with van der Waals surface area (Å²) in [6.45, 7) is 3.04. The van der Waals surface area contributed by atoms with E-state index >= 15 is 0 Å². The largest absolute Gasteiger partial charge is 0.454 e. The molecule has 1 aromatic carbocycles. The summed E-state index contributed by atoms with van der Waals surface area (Å²) in [4.78, 5) is 40.8. The number of hydrogen-bond donors (Lipinski definition) is 1. The molecule has 4 rings (SSSR count). The number of carbonyl (C=O) groups excluding carboxylic acids is 3. The Morgan fingerprint density at radius 1 is 1.11 bits per heavy atom. The molecule has 3 heterocycles. The summed E-state index contributed by atoms with van der Waals surface area (Å²) < 4.78 is 10.7. The van der Waals surface area contributed by atoms with Crippen molar-refractivity contribution >= 4 is 17.8 Å². The summed E-state index contributed by atoms with van der Waals surface area (Å²) in [6, 6.07) is 4.95. The number of fused-ring (bicyclic) bond motifs is 1. The highest BCUT2D eigenvalue weighted by Crippen LogP contribution is 2.34. The first-order valence-corrected chi connectivity index (χ1v) is 9.77. The SMILES string of the molecule is C[C@@]1(Cc2ccc3c(c2)OCO3)NC(=O)N(CC(=O)N2CCCCCC2)C1=O. The highest BCUT2D eigenvalue weighted by Gasteiger charge is 2.48. The lowest BCUT2D eigenvalue weighted by Crippen LogP contribution is -2.47. The third-order valence-electron chi connectivity index (χ3n) is 5.59. The number of benzene rings is 1. The van der Waals surface area contributed by atoms with E-state index < -0.39 is 11.6 Å². The smallest absolute Gasteiger partial charge is 0.325 e. The zero-order valence-corrected chi connectivity index (χ0v) is 16.0.